The van der Waals surface area contributed by atoms with E-state index in [1.807, 2.05) is 54.6 Å². The Labute approximate surface area is 145 Å². The summed E-state index contributed by atoms with van der Waals surface area (Å²) in [6.45, 7) is 1.33. The molecule has 1 aliphatic heterocycles. The first-order valence-electron chi connectivity index (χ1n) is 8.23. The van der Waals surface area contributed by atoms with Crippen molar-refractivity contribution in [2.24, 2.45) is 0 Å². The molecule has 0 amide bonds. The molecule has 1 fully saturated rings. The number of aromatic nitrogens is 3. The van der Waals surface area contributed by atoms with Crippen LogP contribution in [0.4, 0.5) is 0 Å². The number of benzene rings is 2. The van der Waals surface area contributed by atoms with Gasteiger partial charge in [-0.25, -0.2) is 4.68 Å². The second-order valence-corrected chi connectivity index (χ2v) is 6.15. The molecule has 0 bridgehead atoms. The van der Waals surface area contributed by atoms with Gasteiger partial charge in [-0.3, -0.25) is 0 Å². The molecule has 1 atom stereocenters. The Morgan fingerprint density at radius 1 is 1.12 bits per heavy atom. The quantitative estimate of drug-likeness (QED) is 0.774. The average molecular weight is 337 g/mol. The van der Waals surface area contributed by atoms with E-state index in [0.29, 0.717) is 25.3 Å². The van der Waals surface area contributed by atoms with Crippen LogP contribution in [0.3, 0.4) is 0 Å². The SMILES string of the molecule is OC1(c2cn(-c3ccc(OCc4ccccc4)cc3)nn2)CCOC1. The van der Waals surface area contributed by atoms with Gasteiger partial charge in [0.25, 0.3) is 0 Å². The third-order valence-corrected chi connectivity index (χ3v) is 4.32. The normalized spacial score (nSPS) is 19.9. The first-order valence-corrected chi connectivity index (χ1v) is 8.23. The number of rotatable bonds is 5. The smallest absolute Gasteiger partial charge is 0.135 e. The van der Waals surface area contributed by atoms with Crippen LogP contribution in [0.25, 0.3) is 5.69 Å². The molecule has 2 heterocycles. The van der Waals surface area contributed by atoms with E-state index in [4.69, 9.17) is 9.47 Å². The van der Waals surface area contributed by atoms with E-state index >= 15 is 0 Å². The Balaban J connectivity index is 1.44. The molecule has 1 saturated heterocycles. The van der Waals surface area contributed by atoms with E-state index in [9.17, 15) is 5.11 Å². The molecular weight excluding hydrogens is 318 g/mol. The fraction of sp³-hybridized carbons (Fsp3) is 0.263. The molecule has 6 heteroatoms. The molecule has 1 aliphatic rings. The molecule has 0 radical (unpaired) electrons. The lowest BCUT2D eigenvalue weighted by molar-refractivity contribution is 0.0193. The molecule has 0 saturated carbocycles. The summed E-state index contributed by atoms with van der Waals surface area (Å²) >= 11 is 0. The predicted octanol–water partition coefficient (Wildman–Crippen LogP) is 2.45. The molecule has 2 aromatic carbocycles. The summed E-state index contributed by atoms with van der Waals surface area (Å²) in [5, 5.41) is 18.7. The lowest BCUT2D eigenvalue weighted by Gasteiger charge is -2.15. The van der Waals surface area contributed by atoms with Crippen LogP contribution in [0.5, 0.6) is 5.75 Å². The maximum Gasteiger partial charge on any atom is 0.135 e. The average Bonchev–Trinajstić information content (AvgIpc) is 3.32. The standard InChI is InChI=1S/C19H19N3O3/c23-19(10-11-24-14-19)18-12-22(21-20-18)16-6-8-17(9-7-16)25-13-15-4-2-1-3-5-15/h1-9,12,23H,10-11,13-14H2. The summed E-state index contributed by atoms with van der Waals surface area (Å²) in [5.74, 6) is 0.788. The highest BCUT2D eigenvalue weighted by Crippen LogP contribution is 2.29. The minimum Gasteiger partial charge on any atom is -0.489 e. The number of nitrogens with zero attached hydrogens (tertiary/aromatic N) is 3. The van der Waals surface area contributed by atoms with Gasteiger partial charge in [-0.05, 0) is 29.8 Å². The van der Waals surface area contributed by atoms with Gasteiger partial charge in [-0.15, -0.1) is 5.10 Å². The van der Waals surface area contributed by atoms with Gasteiger partial charge < -0.3 is 14.6 Å². The molecule has 128 valence electrons. The molecule has 0 spiro atoms. The van der Waals surface area contributed by atoms with Gasteiger partial charge in [0.15, 0.2) is 0 Å². The van der Waals surface area contributed by atoms with E-state index in [0.717, 1.165) is 17.0 Å². The second-order valence-electron chi connectivity index (χ2n) is 6.15. The predicted molar refractivity (Wildman–Crippen MR) is 91.5 cm³/mol. The van der Waals surface area contributed by atoms with E-state index in [2.05, 4.69) is 10.3 Å². The van der Waals surface area contributed by atoms with Gasteiger partial charge in [0.05, 0.1) is 18.5 Å². The number of hydrogen-bond acceptors (Lipinski definition) is 5. The van der Waals surface area contributed by atoms with Crippen molar-refractivity contribution in [3.8, 4) is 11.4 Å². The zero-order valence-corrected chi connectivity index (χ0v) is 13.7. The second kappa shape index (κ2) is 6.66. The lowest BCUT2D eigenvalue weighted by Crippen LogP contribution is -2.26. The van der Waals surface area contributed by atoms with Gasteiger partial charge in [0.1, 0.15) is 23.7 Å². The van der Waals surface area contributed by atoms with Crippen molar-refractivity contribution in [2.75, 3.05) is 13.2 Å². The Bertz CT molecular complexity index is 825. The highest BCUT2D eigenvalue weighted by atomic mass is 16.5. The van der Waals surface area contributed by atoms with Crippen LogP contribution in [0.15, 0.2) is 60.8 Å². The Kier molecular flexibility index (Phi) is 4.21. The summed E-state index contributed by atoms with van der Waals surface area (Å²) in [6.07, 6.45) is 2.28. The summed E-state index contributed by atoms with van der Waals surface area (Å²) < 4.78 is 12.7. The number of hydrogen-bond donors (Lipinski definition) is 1. The van der Waals surface area contributed by atoms with Crippen molar-refractivity contribution in [3.63, 3.8) is 0 Å². The Morgan fingerprint density at radius 2 is 1.92 bits per heavy atom. The van der Waals surface area contributed by atoms with Gasteiger partial charge in [0, 0.05) is 13.0 Å². The van der Waals surface area contributed by atoms with Crippen LogP contribution < -0.4 is 4.74 Å². The van der Waals surface area contributed by atoms with E-state index in [1.165, 1.54) is 0 Å². The third kappa shape index (κ3) is 3.40. The summed E-state index contributed by atoms with van der Waals surface area (Å²) in [4.78, 5) is 0. The van der Waals surface area contributed by atoms with E-state index < -0.39 is 5.60 Å². The molecule has 25 heavy (non-hydrogen) atoms. The zero-order valence-electron chi connectivity index (χ0n) is 13.7. The maximum atomic E-state index is 10.5. The van der Waals surface area contributed by atoms with Crippen molar-refractivity contribution in [2.45, 2.75) is 18.6 Å². The van der Waals surface area contributed by atoms with Gasteiger partial charge in [0.2, 0.25) is 0 Å². The van der Waals surface area contributed by atoms with Crippen LogP contribution >= 0.6 is 0 Å². The van der Waals surface area contributed by atoms with E-state index in [1.54, 1.807) is 10.9 Å². The zero-order chi connectivity index (χ0) is 17.1. The highest BCUT2D eigenvalue weighted by Gasteiger charge is 2.37. The maximum absolute atomic E-state index is 10.5. The molecule has 3 aromatic rings. The van der Waals surface area contributed by atoms with E-state index in [-0.39, 0.29) is 6.61 Å². The molecule has 4 rings (SSSR count). The van der Waals surface area contributed by atoms with Gasteiger partial charge >= 0.3 is 0 Å². The summed E-state index contributed by atoms with van der Waals surface area (Å²) in [6, 6.07) is 17.6. The fourth-order valence-corrected chi connectivity index (χ4v) is 2.80. The number of aliphatic hydroxyl groups is 1. The minimum absolute atomic E-state index is 0.262. The van der Waals surface area contributed by atoms with Crippen LogP contribution in [-0.4, -0.2) is 33.3 Å². The van der Waals surface area contributed by atoms with Crippen molar-refractivity contribution in [3.05, 3.63) is 72.1 Å². The summed E-state index contributed by atoms with van der Waals surface area (Å²) in [5.41, 5.74) is 1.49. The lowest BCUT2D eigenvalue weighted by atomic mass is 10.0. The molecular formula is C19H19N3O3. The monoisotopic (exact) mass is 337 g/mol. The first-order chi connectivity index (χ1) is 12.2. The van der Waals surface area contributed by atoms with Crippen molar-refractivity contribution in [1.82, 2.24) is 15.0 Å². The molecule has 1 aromatic heterocycles. The van der Waals surface area contributed by atoms with Crippen molar-refractivity contribution in [1.29, 1.82) is 0 Å². The molecule has 0 aliphatic carbocycles. The third-order valence-electron chi connectivity index (χ3n) is 4.32. The highest BCUT2D eigenvalue weighted by molar-refractivity contribution is 5.37. The van der Waals surface area contributed by atoms with Crippen LogP contribution in [0.1, 0.15) is 17.7 Å². The van der Waals surface area contributed by atoms with Crippen molar-refractivity contribution >= 4 is 0 Å². The Morgan fingerprint density at radius 3 is 2.64 bits per heavy atom. The van der Waals surface area contributed by atoms with Crippen LogP contribution in [0, 0.1) is 0 Å². The van der Waals surface area contributed by atoms with Gasteiger partial charge in [-0.1, -0.05) is 35.5 Å². The van der Waals surface area contributed by atoms with Gasteiger partial charge in [-0.2, -0.15) is 0 Å². The summed E-state index contributed by atoms with van der Waals surface area (Å²) in [7, 11) is 0. The number of ether oxygens (including phenoxy) is 2. The molecule has 1 N–H and O–H groups in total. The first kappa shape index (κ1) is 15.8. The minimum atomic E-state index is -1.03. The Hall–Kier alpha value is -2.70. The van der Waals surface area contributed by atoms with Crippen LogP contribution in [-0.2, 0) is 16.9 Å². The topological polar surface area (TPSA) is 69.4 Å². The van der Waals surface area contributed by atoms with Crippen LogP contribution in [0.2, 0.25) is 0 Å². The largest absolute Gasteiger partial charge is 0.489 e. The van der Waals surface area contributed by atoms with Crippen molar-refractivity contribution < 1.29 is 14.6 Å². The fourth-order valence-electron chi connectivity index (χ4n) is 2.80. The molecule has 6 nitrogen and oxygen atoms in total. The molecule has 1 unspecified atom stereocenters.